The van der Waals surface area contributed by atoms with Crippen LogP contribution in [0.5, 0.6) is 11.5 Å². The molecule has 23 heavy (non-hydrogen) atoms. The van der Waals surface area contributed by atoms with Crippen molar-refractivity contribution in [1.29, 1.82) is 0 Å². The van der Waals surface area contributed by atoms with Crippen LogP contribution in [0.15, 0.2) is 23.2 Å². The monoisotopic (exact) mass is 437 g/mol. The van der Waals surface area contributed by atoms with Gasteiger partial charge in [-0.05, 0) is 30.5 Å². The minimum atomic E-state index is -0.747. The van der Waals surface area contributed by atoms with E-state index >= 15 is 0 Å². The van der Waals surface area contributed by atoms with Crippen LogP contribution in [0.25, 0.3) is 0 Å². The van der Waals surface area contributed by atoms with E-state index < -0.39 is 5.60 Å². The van der Waals surface area contributed by atoms with Gasteiger partial charge in [-0.15, -0.1) is 24.0 Å². The first-order valence-electron chi connectivity index (χ1n) is 7.45. The van der Waals surface area contributed by atoms with E-state index in [0.717, 1.165) is 5.56 Å². The summed E-state index contributed by atoms with van der Waals surface area (Å²) in [5.41, 5.74) is 6.05. The Labute approximate surface area is 155 Å². The number of ether oxygens (including phenoxy) is 2. The summed E-state index contributed by atoms with van der Waals surface area (Å²) in [6.45, 7) is 4.71. The average Bonchev–Trinajstić information content (AvgIpc) is 2.57. The van der Waals surface area contributed by atoms with Gasteiger partial charge in [0.15, 0.2) is 17.5 Å². The zero-order valence-corrected chi connectivity index (χ0v) is 16.6. The summed E-state index contributed by atoms with van der Waals surface area (Å²) >= 11 is 0. The smallest absolute Gasteiger partial charge is 0.189 e. The molecule has 6 nitrogen and oxygen atoms in total. The number of nitrogens with zero attached hydrogens (tertiary/aromatic N) is 1. The van der Waals surface area contributed by atoms with Gasteiger partial charge in [-0.25, -0.2) is 4.99 Å². The number of benzene rings is 1. The molecule has 0 saturated heterocycles. The van der Waals surface area contributed by atoms with Gasteiger partial charge in [0, 0.05) is 6.54 Å². The van der Waals surface area contributed by atoms with Crippen molar-refractivity contribution in [3.63, 3.8) is 0 Å². The summed E-state index contributed by atoms with van der Waals surface area (Å²) in [6, 6.07) is 5.61. The highest BCUT2D eigenvalue weighted by Crippen LogP contribution is 2.27. The van der Waals surface area contributed by atoms with Gasteiger partial charge in [0.2, 0.25) is 0 Å². The van der Waals surface area contributed by atoms with Gasteiger partial charge in [0.05, 0.1) is 26.4 Å². The minimum Gasteiger partial charge on any atom is -0.493 e. The molecule has 7 heteroatoms. The van der Waals surface area contributed by atoms with Crippen LogP contribution in [0.1, 0.15) is 32.3 Å². The van der Waals surface area contributed by atoms with Crippen LogP contribution in [0, 0.1) is 0 Å². The Kier molecular flexibility index (Phi) is 9.98. The lowest BCUT2D eigenvalue weighted by Crippen LogP contribution is -2.44. The number of aliphatic hydroxyl groups is 1. The molecule has 4 N–H and O–H groups in total. The molecule has 0 spiro atoms. The molecule has 0 aliphatic heterocycles. The third-order valence-corrected chi connectivity index (χ3v) is 3.79. The summed E-state index contributed by atoms with van der Waals surface area (Å²) in [5, 5.41) is 13.2. The average molecular weight is 437 g/mol. The summed E-state index contributed by atoms with van der Waals surface area (Å²) in [7, 11) is 3.19. The van der Waals surface area contributed by atoms with E-state index in [4.69, 9.17) is 15.2 Å². The normalized spacial score (nSPS) is 11.6. The SMILES string of the molecule is CCC(O)(CC)CNC(N)=NCc1ccc(OC)c(OC)c1.I. The molecule has 0 radical (unpaired) electrons. The molecule has 1 aromatic rings. The number of rotatable bonds is 8. The van der Waals surface area contributed by atoms with E-state index in [2.05, 4.69) is 10.3 Å². The lowest BCUT2D eigenvalue weighted by molar-refractivity contribution is 0.0369. The Hall–Kier alpha value is -1.22. The van der Waals surface area contributed by atoms with Crippen LogP contribution in [-0.2, 0) is 6.54 Å². The zero-order chi connectivity index (χ0) is 16.6. The quantitative estimate of drug-likeness (QED) is 0.330. The van der Waals surface area contributed by atoms with Crippen molar-refractivity contribution in [1.82, 2.24) is 5.32 Å². The highest BCUT2D eigenvalue weighted by Gasteiger charge is 2.21. The molecule has 0 bridgehead atoms. The maximum absolute atomic E-state index is 10.2. The Morgan fingerprint density at radius 3 is 2.35 bits per heavy atom. The maximum atomic E-state index is 10.2. The second-order valence-electron chi connectivity index (χ2n) is 5.18. The van der Waals surface area contributed by atoms with Crippen molar-refractivity contribution >= 4 is 29.9 Å². The van der Waals surface area contributed by atoms with E-state index in [-0.39, 0.29) is 24.0 Å². The largest absolute Gasteiger partial charge is 0.493 e. The first kappa shape index (κ1) is 21.8. The highest BCUT2D eigenvalue weighted by molar-refractivity contribution is 14.0. The number of hydrogen-bond acceptors (Lipinski definition) is 4. The van der Waals surface area contributed by atoms with E-state index in [1.54, 1.807) is 14.2 Å². The molecule has 132 valence electrons. The van der Waals surface area contributed by atoms with Gasteiger partial charge in [0.25, 0.3) is 0 Å². The van der Waals surface area contributed by atoms with Crippen molar-refractivity contribution in [2.75, 3.05) is 20.8 Å². The Morgan fingerprint density at radius 2 is 1.83 bits per heavy atom. The lowest BCUT2D eigenvalue weighted by atomic mass is 9.98. The molecule has 0 unspecified atom stereocenters. The van der Waals surface area contributed by atoms with Crippen molar-refractivity contribution in [2.24, 2.45) is 10.7 Å². The van der Waals surface area contributed by atoms with Gasteiger partial charge >= 0.3 is 0 Å². The van der Waals surface area contributed by atoms with E-state index in [1.165, 1.54) is 0 Å². The minimum absolute atomic E-state index is 0. The third kappa shape index (κ3) is 6.82. The Balaban J connectivity index is 0.00000484. The number of aliphatic imine (C=N–C) groups is 1. The first-order valence-corrected chi connectivity index (χ1v) is 7.45. The number of nitrogens with one attached hydrogen (secondary N) is 1. The van der Waals surface area contributed by atoms with Gasteiger partial charge < -0.3 is 25.6 Å². The molecule has 1 rings (SSSR count). The van der Waals surface area contributed by atoms with Crippen LogP contribution in [0.3, 0.4) is 0 Å². The molecule has 0 saturated carbocycles. The van der Waals surface area contributed by atoms with E-state index in [1.807, 2.05) is 32.0 Å². The topological polar surface area (TPSA) is 89.1 Å². The summed E-state index contributed by atoms with van der Waals surface area (Å²) in [5.74, 6) is 1.65. The molecule has 0 aromatic heterocycles. The fourth-order valence-electron chi connectivity index (χ4n) is 1.97. The van der Waals surface area contributed by atoms with Crippen molar-refractivity contribution < 1.29 is 14.6 Å². The fraction of sp³-hybridized carbons (Fsp3) is 0.562. The number of methoxy groups -OCH3 is 2. The number of guanidine groups is 1. The van der Waals surface area contributed by atoms with E-state index in [9.17, 15) is 5.11 Å². The van der Waals surface area contributed by atoms with Crippen molar-refractivity contribution in [2.45, 2.75) is 38.8 Å². The van der Waals surface area contributed by atoms with Gasteiger partial charge in [-0.2, -0.15) is 0 Å². The standard InChI is InChI=1S/C16H27N3O3.HI/c1-5-16(20,6-2)11-19-15(17)18-10-12-7-8-13(21-3)14(9-12)22-4;/h7-9,20H,5-6,10-11H2,1-4H3,(H3,17,18,19);1H. The van der Waals surface area contributed by atoms with Crippen LogP contribution in [0.4, 0.5) is 0 Å². The van der Waals surface area contributed by atoms with Gasteiger partial charge in [-0.1, -0.05) is 19.9 Å². The van der Waals surface area contributed by atoms with Crippen LogP contribution in [-0.4, -0.2) is 37.4 Å². The van der Waals surface area contributed by atoms with Gasteiger partial charge in [-0.3, -0.25) is 0 Å². The van der Waals surface area contributed by atoms with E-state index in [0.29, 0.717) is 43.4 Å². The van der Waals surface area contributed by atoms with Gasteiger partial charge in [0.1, 0.15) is 0 Å². The second kappa shape index (κ2) is 10.5. The van der Waals surface area contributed by atoms with Crippen LogP contribution >= 0.6 is 24.0 Å². The Bertz CT molecular complexity index is 505. The van der Waals surface area contributed by atoms with Crippen molar-refractivity contribution in [3.05, 3.63) is 23.8 Å². The highest BCUT2D eigenvalue weighted by atomic mass is 127. The number of nitrogens with two attached hydrogens (primary N) is 1. The molecule has 0 heterocycles. The molecular weight excluding hydrogens is 409 g/mol. The van der Waals surface area contributed by atoms with Crippen molar-refractivity contribution in [3.8, 4) is 11.5 Å². The lowest BCUT2D eigenvalue weighted by Gasteiger charge is -2.25. The molecule has 1 aromatic carbocycles. The summed E-state index contributed by atoms with van der Waals surface area (Å²) in [4.78, 5) is 4.27. The Morgan fingerprint density at radius 1 is 1.22 bits per heavy atom. The van der Waals surface area contributed by atoms with Crippen LogP contribution < -0.4 is 20.5 Å². The second-order valence-corrected chi connectivity index (χ2v) is 5.18. The molecule has 0 amide bonds. The van der Waals surface area contributed by atoms with Crippen LogP contribution in [0.2, 0.25) is 0 Å². The fourth-order valence-corrected chi connectivity index (χ4v) is 1.97. The zero-order valence-electron chi connectivity index (χ0n) is 14.3. The summed E-state index contributed by atoms with van der Waals surface area (Å²) in [6.07, 6.45) is 1.33. The molecule has 0 atom stereocenters. The summed E-state index contributed by atoms with van der Waals surface area (Å²) < 4.78 is 10.4. The maximum Gasteiger partial charge on any atom is 0.189 e. The first-order chi connectivity index (χ1) is 10.5. The number of halogens is 1. The molecular formula is C16H28IN3O3. The molecule has 0 aliphatic carbocycles. The predicted molar refractivity (Wildman–Crippen MR) is 104 cm³/mol. The molecule has 0 aliphatic rings. The third-order valence-electron chi connectivity index (χ3n) is 3.79. The predicted octanol–water partition coefficient (Wildman–Crippen LogP) is 2.28. The molecule has 0 fully saturated rings. The number of hydrogen-bond donors (Lipinski definition) is 3.